The van der Waals surface area contributed by atoms with Crippen molar-refractivity contribution in [2.24, 2.45) is 0 Å². The van der Waals surface area contributed by atoms with Gasteiger partial charge in [-0.2, -0.15) is 0 Å². The molecule has 102 valence electrons. The van der Waals surface area contributed by atoms with Crippen LogP contribution in [0, 0.1) is 0 Å². The maximum absolute atomic E-state index is 5.41. The number of methoxy groups -OCH3 is 2. The summed E-state index contributed by atoms with van der Waals surface area (Å²) in [6.07, 6.45) is 0.897. The molecule has 1 unspecified atom stereocenters. The summed E-state index contributed by atoms with van der Waals surface area (Å²) in [4.78, 5) is 0. The van der Waals surface area contributed by atoms with E-state index in [-0.39, 0.29) is 6.04 Å². The SMILES string of the molecule is CCOCCC(NC)c1cc(OC)ccc1OC. The number of hydrogen-bond acceptors (Lipinski definition) is 4. The Hall–Kier alpha value is -1.26. The predicted molar refractivity (Wildman–Crippen MR) is 72.5 cm³/mol. The monoisotopic (exact) mass is 253 g/mol. The Morgan fingerprint density at radius 3 is 2.56 bits per heavy atom. The number of hydrogen-bond donors (Lipinski definition) is 1. The van der Waals surface area contributed by atoms with E-state index in [1.807, 2.05) is 32.2 Å². The number of rotatable bonds is 8. The van der Waals surface area contributed by atoms with Gasteiger partial charge in [0, 0.05) is 24.8 Å². The summed E-state index contributed by atoms with van der Waals surface area (Å²) < 4.78 is 16.1. The van der Waals surface area contributed by atoms with Crippen molar-refractivity contribution in [3.05, 3.63) is 23.8 Å². The average molecular weight is 253 g/mol. The molecule has 0 aromatic heterocycles. The highest BCUT2D eigenvalue weighted by molar-refractivity contribution is 5.42. The van der Waals surface area contributed by atoms with Gasteiger partial charge < -0.3 is 19.5 Å². The molecule has 0 heterocycles. The van der Waals surface area contributed by atoms with E-state index in [2.05, 4.69) is 5.32 Å². The zero-order valence-electron chi connectivity index (χ0n) is 11.7. The predicted octanol–water partition coefficient (Wildman–Crippen LogP) is 2.39. The van der Waals surface area contributed by atoms with E-state index in [1.165, 1.54) is 0 Å². The van der Waals surface area contributed by atoms with Gasteiger partial charge in [0.15, 0.2) is 0 Å². The molecule has 0 saturated carbocycles. The van der Waals surface area contributed by atoms with Gasteiger partial charge >= 0.3 is 0 Å². The molecule has 0 aliphatic rings. The molecular formula is C14H23NO3. The molecule has 1 atom stereocenters. The fourth-order valence-electron chi connectivity index (χ4n) is 1.91. The Kier molecular flexibility index (Phi) is 6.54. The summed E-state index contributed by atoms with van der Waals surface area (Å²) in [6.45, 7) is 3.47. The molecule has 0 aliphatic carbocycles. The van der Waals surface area contributed by atoms with Crippen molar-refractivity contribution in [2.45, 2.75) is 19.4 Å². The molecule has 0 aliphatic heterocycles. The highest BCUT2D eigenvalue weighted by Gasteiger charge is 2.15. The third kappa shape index (κ3) is 3.89. The summed E-state index contributed by atoms with van der Waals surface area (Å²) in [7, 11) is 5.29. The molecule has 0 bridgehead atoms. The molecule has 4 heteroatoms. The van der Waals surface area contributed by atoms with Gasteiger partial charge in [-0.3, -0.25) is 0 Å². The maximum atomic E-state index is 5.41. The standard InChI is InChI=1S/C14H23NO3/c1-5-18-9-8-13(15-2)12-10-11(16-3)6-7-14(12)17-4/h6-7,10,13,15H,5,8-9H2,1-4H3. The van der Waals surface area contributed by atoms with Gasteiger partial charge in [0.2, 0.25) is 0 Å². The lowest BCUT2D eigenvalue weighted by Crippen LogP contribution is -2.19. The lowest BCUT2D eigenvalue weighted by molar-refractivity contribution is 0.137. The third-order valence-corrected chi connectivity index (χ3v) is 2.92. The average Bonchev–Trinajstić information content (AvgIpc) is 2.43. The molecule has 0 radical (unpaired) electrons. The molecule has 4 nitrogen and oxygen atoms in total. The van der Waals surface area contributed by atoms with Crippen LogP contribution in [-0.2, 0) is 4.74 Å². The second kappa shape index (κ2) is 7.95. The zero-order valence-corrected chi connectivity index (χ0v) is 11.7. The van der Waals surface area contributed by atoms with Crippen LogP contribution in [0.1, 0.15) is 24.9 Å². The molecule has 0 fully saturated rings. The van der Waals surface area contributed by atoms with E-state index in [1.54, 1.807) is 14.2 Å². The van der Waals surface area contributed by atoms with Crippen molar-refractivity contribution in [3.8, 4) is 11.5 Å². The van der Waals surface area contributed by atoms with Crippen molar-refractivity contribution in [2.75, 3.05) is 34.5 Å². The van der Waals surface area contributed by atoms with Crippen LogP contribution in [0.4, 0.5) is 0 Å². The normalized spacial score (nSPS) is 12.2. The van der Waals surface area contributed by atoms with Gasteiger partial charge in [-0.1, -0.05) is 0 Å². The fourth-order valence-corrected chi connectivity index (χ4v) is 1.91. The van der Waals surface area contributed by atoms with Gasteiger partial charge in [-0.15, -0.1) is 0 Å². The highest BCUT2D eigenvalue weighted by atomic mass is 16.5. The van der Waals surface area contributed by atoms with E-state index in [4.69, 9.17) is 14.2 Å². The Bertz CT molecular complexity index is 355. The van der Waals surface area contributed by atoms with Crippen LogP contribution < -0.4 is 14.8 Å². The molecule has 0 spiro atoms. The van der Waals surface area contributed by atoms with Crippen molar-refractivity contribution in [3.63, 3.8) is 0 Å². The topological polar surface area (TPSA) is 39.7 Å². The summed E-state index contributed by atoms with van der Waals surface area (Å²) in [5.74, 6) is 1.70. The van der Waals surface area contributed by atoms with Crippen molar-refractivity contribution >= 4 is 0 Å². The molecule has 1 aromatic carbocycles. The molecule has 0 saturated heterocycles. The Balaban J connectivity index is 2.87. The molecule has 0 amide bonds. The van der Waals surface area contributed by atoms with E-state index in [0.29, 0.717) is 0 Å². The van der Waals surface area contributed by atoms with Gasteiger partial charge in [0.1, 0.15) is 11.5 Å². The number of nitrogens with one attached hydrogen (secondary N) is 1. The van der Waals surface area contributed by atoms with Crippen molar-refractivity contribution in [1.82, 2.24) is 5.32 Å². The van der Waals surface area contributed by atoms with Gasteiger partial charge in [0.05, 0.1) is 14.2 Å². The van der Waals surface area contributed by atoms with Gasteiger partial charge in [0.25, 0.3) is 0 Å². The first-order chi connectivity index (χ1) is 8.76. The Labute approximate surface area is 109 Å². The second-order valence-corrected chi connectivity index (χ2v) is 3.93. The first kappa shape index (κ1) is 14.8. The zero-order chi connectivity index (χ0) is 13.4. The van der Waals surface area contributed by atoms with Crippen molar-refractivity contribution < 1.29 is 14.2 Å². The summed E-state index contributed by atoms with van der Waals surface area (Å²) in [5, 5.41) is 3.29. The molecular weight excluding hydrogens is 230 g/mol. The van der Waals surface area contributed by atoms with Crippen LogP contribution in [0.5, 0.6) is 11.5 Å². The van der Waals surface area contributed by atoms with Crippen LogP contribution in [0.15, 0.2) is 18.2 Å². The summed E-state index contributed by atoms with van der Waals surface area (Å²) >= 11 is 0. The quantitative estimate of drug-likeness (QED) is 0.722. The molecule has 1 N–H and O–H groups in total. The second-order valence-electron chi connectivity index (χ2n) is 3.93. The molecule has 18 heavy (non-hydrogen) atoms. The lowest BCUT2D eigenvalue weighted by Gasteiger charge is -2.20. The smallest absolute Gasteiger partial charge is 0.123 e. The van der Waals surface area contributed by atoms with E-state index < -0.39 is 0 Å². The van der Waals surface area contributed by atoms with Crippen LogP contribution in [0.2, 0.25) is 0 Å². The molecule has 1 aromatic rings. The van der Waals surface area contributed by atoms with Gasteiger partial charge in [-0.05, 0) is 38.6 Å². The first-order valence-electron chi connectivity index (χ1n) is 6.23. The Morgan fingerprint density at radius 1 is 1.22 bits per heavy atom. The van der Waals surface area contributed by atoms with Gasteiger partial charge in [-0.25, -0.2) is 0 Å². The van der Waals surface area contributed by atoms with E-state index in [0.717, 1.165) is 36.7 Å². The maximum Gasteiger partial charge on any atom is 0.123 e. The van der Waals surface area contributed by atoms with E-state index >= 15 is 0 Å². The van der Waals surface area contributed by atoms with Crippen molar-refractivity contribution in [1.29, 1.82) is 0 Å². The van der Waals surface area contributed by atoms with Crippen LogP contribution in [-0.4, -0.2) is 34.5 Å². The lowest BCUT2D eigenvalue weighted by atomic mass is 10.0. The highest BCUT2D eigenvalue weighted by Crippen LogP contribution is 2.30. The fraction of sp³-hybridized carbons (Fsp3) is 0.571. The van der Waals surface area contributed by atoms with Crippen LogP contribution >= 0.6 is 0 Å². The number of benzene rings is 1. The molecule has 1 rings (SSSR count). The summed E-state index contributed by atoms with van der Waals surface area (Å²) in [6, 6.07) is 6.03. The Morgan fingerprint density at radius 2 is 2.00 bits per heavy atom. The van der Waals surface area contributed by atoms with E-state index in [9.17, 15) is 0 Å². The van der Waals surface area contributed by atoms with Crippen LogP contribution in [0.25, 0.3) is 0 Å². The first-order valence-corrected chi connectivity index (χ1v) is 6.23. The summed E-state index contributed by atoms with van der Waals surface area (Å²) in [5.41, 5.74) is 1.10. The minimum absolute atomic E-state index is 0.196. The third-order valence-electron chi connectivity index (χ3n) is 2.92. The van der Waals surface area contributed by atoms with Crippen LogP contribution in [0.3, 0.4) is 0 Å². The minimum Gasteiger partial charge on any atom is -0.497 e. The number of ether oxygens (including phenoxy) is 3. The minimum atomic E-state index is 0.196. The largest absolute Gasteiger partial charge is 0.497 e.